The number of likely N-dealkylation sites (tertiary alicyclic amines) is 1. The second-order valence-electron chi connectivity index (χ2n) is 15.7. The summed E-state index contributed by atoms with van der Waals surface area (Å²) in [5.74, 6) is -2.33. The van der Waals surface area contributed by atoms with Crippen LogP contribution < -0.4 is 16.0 Å². The van der Waals surface area contributed by atoms with Crippen molar-refractivity contribution in [1.29, 1.82) is 0 Å². The zero-order valence-electron chi connectivity index (χ0n) is 29.7. The predicted molar refractivity (Wildman–Crippen MR) is 188 cm³/mol. The lowest BCUT2D eigenvalue weighted by molar-refractivity contribution is -0.143. The number of hydrogen-bond donors (Lipinski definition) is 3. The minimum absolute atomic E-state index is 0.00567. The van der Waals surface area contributed by atoms with Gasteiger partial charge in [-0.1, -0.05) is 102 Å². The third kappa shape index (κ3) is 9.60. The van der Waals surface area contributed by atoms with E-state index >= 15 is 0 Å². The summed E-state index contributed by atoms with van der Waals surface area (Å²) in [6.07, 6.45) is 6.76. The fourth-order valence-electron chi connectivity index (χ4n) is 7.36. The Hall–Kier alpha value is -3.96. The molecule has 0 aromatic heterocycles. The fourth-order valence-corrected chi connectivity index (χ4v) is 7.36. The standard InChI is InChI=1S/C37H54N6O6/c1-23(2)26-21-28(32(45)39-27(19-25-15-16-25)30(44)33(46)38-6)43(22-26)34(47)31(36(3,4)5)40-35(48)41-37(17-11-8-12-18-37)29(42-49)20-24-13-9-7-10-14-24/h7,9-10,13-14,23,25-29,31H,6,8,11-12,15-22H2,1-5H3,(H,39,45)(H2,40,41,48)/t26-,27?,28?,29?,31?/m1/s1. The van der Waals surface area contributed by atoms with Crippen LogP contribution in [-0.4, -0.2) is 77.4 Å². The third-order valence-corrected chi connectivity index (χ3v) is 10.6. The van der Waals surface area contributed by atoms with Crippen LogP contribution in [0.4, 0.5) is 4.79 Å². The zero-order chi connectivity index (χ0) is 35.9. The van der Waals surface area contributed by atoms with E-state index in [1.54, 1.807) is 0 Å². The predicted octanol–water partition coefficient (Wildman–Crippen LogP) is 4.74. The monoisotopic (exact) mass is 678 g/mol. The zero-order valence-corrected chi connectivity index (χ0v) is 29.7. The molecule has 3 N–H and O–H groups in total. The lowest BCUT2D eigenvalue weighted by Crippen LogP contribution is -2.64. The summed E-state index contributed by atoms with van der Waals surface area (Å²) < 4.78 is 0. The van der Waals surface area contributed by atoms with Crippen molar-refractivity contribution in [1.82, 2.24) is 20.9 Å². The minimum Gasteiger partial charge on any atom is -0.344 e. The Morgan fingerprint density at radius 3 is 2.20 bits per heavy atom. The molecule has 1 heterocycles. The molecule has 0 radical (unpaired) electrons. The van der Waals surface area contributed by atoms with Gasteiger partial charge in [0.2, 0.25) is 17.6 Å². The van der Waals surface area contributed by atoms with Crippen LogP contribution in [0.5, 0.6) is 0 Å². The summed E-state index contributed by atoms with van der Waals surface area (Å²) in [7, 11) is 0. The van der Waals surface area contributed by atoms with Crippen molar-refractivity contribution in [2.45, 2.75) is 129 Å². The molecule has 4 rings (SSSR count). The molecule has 1 saturated heterocycles. The molecule has 2 aliphatic carbocycles. The molecule has 0 spiro atoms. The van der Waals surface area contributed by atoms with Gasteiger partial charge in [0.15, 0.2) is 0 Å². The molecule has 12 heteroatoms. The van der Waals surface area contributed by atoms with Gasteiger partial charge in [0, 0.05) is 13.0 Å². The van der Waals surface area contributed by atoms with Gasteiger partial charge in [0.25, 0.3) is 0 Å². The molecule has 2 saturated carbocycles. The number of Topliss-reactive ketones (excluding diaryl/α,β-unsaturated/α-hetero) is 1. The van der Waals surface area contributed by atoms with Crippen LogP contribution in [0.25, 0.3) is 0 Å². The number of benzene rings is 1. The summed E-state index contributed by atoms with van der Waals surface area (Å²) in [5.41, 5.74) is -0.666. The van der Waals surface area contributed by atoms with Crippen molar-refractivity contribution in [2.75, 3.05) is 6.54 Å². The fraction of sp³-hybridized carbons (Fsp3) is 0.676. The molecule has 1 aliphatic heterocycles. The van der Waals surface area contributed by atoms with Crippen molar-refractivity contribution in [2.24, 2.45) is 33.3 Å². The van der Waals surface area contributed by atoms with Gasteiger partial charge in [-0.2, -0.15) is 4.91 Å². The van der Waals surface area contributed by atoms with Gasteiger partial charge in [0.05, 0.1) is 11.6 Å². The number of hydrogen-bond acceptors (Lipinski definition) is 7. The number of aliphatic imine (C=N–C) groups is 1. The maximum Gasteiger partial charge on any atom is 0.315 e. The van der Waals surface area contributed by atoms with Crippen molar-refractivity contribution >= 4 is 36.3 Å². The molecule has 5 amide bonds. The smallest absolute Gasteiger partial charge is 0.315 e. The van der Waals surface area contributed by atoms with Crippen LogP contribution in [0, 0.1) is 28.1 Å². The molecule has 3 aliphatic rings. The maximum atomic E-state index is 14.5. The Balaban J connectivity index is 1.55. The van der Waals surface area contributed by atoms with Gasteiger partial charge in [-0.15, -0.1) is 0 Å². The quantitative estimate of drug-likeness (QED) is 0.146. The Labute approximate surface area is 290 Å². The van der Waals surface area contributed by atoms with Gasteiger partial charge in [-0.3, -0.25) is 19.2 Å². The Kier molecular flexibility index (Phi) is 12.5. The van der Waals surface area contributed by atoms with Crippen molar-refractivity contribution in [3.05, 3.63) is 40.8 Å². The van der Waals surface area contributed by atoms with E-state index in [0.29, 0.717) is 38.6 Å². The Morgan fingerprint density at radius 2 is 1.65 bits per heavy atom. The first kappa shape index (κ1) is 37.9. The minimum atomic E-state index is -1.04. The number of urea groups is 1. The summed E-state index contributed by atoms with van der Waals surface area (Å²) in [6, 6.07) is 5.38. The Bertz CT molecular complexity index is 1380. The van der Waals surface area contributed by atoms with E-state index in [9.17, 15) is 28.9 Å². The van der Waals surface area contributed by atoms with E-state index in [1.165, 1.54) is 4.90 Å². The van der Waals surface area contributed by atoms with Crippen molar-refractivity contribution < 1.29 is 24.0 Å². The average molecular weight is 679 g/mol. The molecule has 0 bridgehead atoms. The van der Waals surface area contributed by atoms with Crippen LogP contribution in [0.15, 0.2) is 40.5 Å². The molecule has 12 nitrogen and oxygen atoms in total. The van der Waals surface area contributed by atoms with E-state index in [-0.39, 0.29) is 17.8 Å². The van der Waals surface area contributed by atoms with Gasteiger partial charge in [-0.05, 0) is 61.1 Å². The topological polar surface area (TPSA) is 166 Å². The number of nitrogens with zero attached hydrogens (tertiary/aromatic N) is 3. The lowest BCUT2D eigenvalue weighted by atomic mass is 9.74. The number of nitrogens with one attached hydrogen (secondary N) is 3. The van der Waals surface area contributed by atoms with Crippen LogP contribution in [0.2, 0.25) is 0 Å². The van der Waals surface area contributed by atoms with Crippen LogP contribution in [0.3, 0.4) is 0 Å². The summed E-state index contributed by atoms with van der Waals surface area (Å²) >= 11 is 0. The molecular formula is C37H54N6O6. The summed E-state index contributed by atoms with van der Waals surface area (Å²) in [5, 5.41) is 12.3. The number of nitroso groups, excluding NO2 is 1. The first-order valence-electron chi connectivity index (χ1n) is 17.8. The van der Waals surface area contributed by atoms with Gasteiger partial charge >= 0.3 is 11.9 Å². The highest BCUT2D eigenvalue weighted by Gasteiger charge is 2.48. The molecule has 4 unspecified atom stereocenters. The van der Waals surface area contributed by atoms with E-state index < -0.39 is 64.7 Å². The molecule has 268 valence electrons. The second kappa shape index (κ2) is 16.2. The third-order valence-electron chi connectivity index (χ3n) is 10.6. The highest BCUT2D eigenvalue weighted by molar-refractivity contribution is 6.39. The second-order valence-corrected chi connectivity index (χ2v) is 15.7. The van der Waals surface area contributed by atoms with Crippen molar-refractivity contribution in [3.8, 4) is 0 Å². The SMILES string of the molecule is C=NC(=O)C(=O)C(CC1CC1)NC(=O)C1C[C@@H](C(C)C)CN1C(=O)C(NC(=O)NC1(C(Cc2ccccc2)N=O)CCCCC1)C(C)(C)C. The van der Waals surface area contributed by atoms with Gasteiger partial charge < -0.3 is 20.9 Å². The molecule has 49 heavy (non-hydrogen) atoms. The normalized spacial score (nSPS) is 22.4. The molecule has 1 aromatic rings. The molecule has 1 aromatic carbocycles. The maximum absolute atomic E-state index is 14.5. The number of rotatable bonds is 14. The van der Waals surface area contributed by atoms with Crippen LogP contribution in [0.1, 0.15) is 98.0 Å². The number of amides is 5. The van der Waals surface area contributed by atoms with Crippen LogP contribution >= 0.6 is 0 Å². The number of carbonyl (C=O) groups is 5. The van der Waals surface area contributed by atoms with Crippen LogP contribution in [-0.2, 0) is 25.6 Å². The van der Waals surface area contributed by atoms with E-state index in [4.69, 9.17) is 0 Å². The van der Waals surface area contributed by atoms with Gasteiger partial charge in [-0.25, -0.2) is 9.79 Å². The van der Waals surface area contributed by atoms with Gasteiger partial charge in [0.1, 0.15) is 18.1 Å². The van der Waals surface area contributed by atoms with E-state index in [2.05, 4.69) is 32.8 Å². The number of ketones is 1. The summed E-state index contributed by atoms with van der Waals surface area (Å²) in [4.78, 5) is 84.3. The van der Waals surface area contributed by atoms with Crippen molar-refractivity contribution in [3.63, 3.8) is 0 Å². The largest absolute Gasteiger partial charge is 0.344 e. The first-order valence-corrected chi connectivity index (χ1v) is 17.8. The first-order chi connectivity index (χ1) is 23.2. The summed E-state index contributed by atoms with van der Waals surface area (Å²) in [6.45, 7) is 13.1. The Morgan fingerprint density at radius 1 is 1.00 bits per heavy atom. The molecular weight excluding hydrogens is 624 g/mol. The lowest BCUT2D eigenvalue weighted by Gasteiger charge is -2.42. The van der Waals surface area contributed by atoms with E-state index in [0.717, 1.165) is 37.7 Å². The molecule has 3 fully saturated rings. The van der Waals surface area contributed by atoms with E-state index in [1.807, 2.05) is 65.0 Å². The number of carbonyl (C=O) groups excluding carboxylic acids is 5. The molecule has 5 atom stereocenters. The highest BCUT2D eigenvalue weighted by atomic mass is 16.3. The average Bonchev–Trinajstić information content (AvgIpc) is 3.77. The highest BCUT2D eigenvalue weighted by Crippen LogP contribution is 2.36.